The number of rotatable bonds is 2. The van der Waals surface area contributed by atoms with Crippen LogP contribution in [0.25, 0.3) is 10.9 Å². The van der Waals surface area contributed by atoms with Crippen LogP contribution in [0.15, 0.2) is 36.4 Å². The minimum Gasteiger partial charge on any atom is -0.350 e. The molecule has 1 aromatic carbocycles. The van der Waals surface area contributed by atoms with Crippen molar-refractivity contribution in [1.82, 2.24) is 15.8 Å². The SMILES string of the molecule is O=C(NNC(=O)c1cc2c(s1)CCCCC2)c1cc2ccccc2[nH]1. The second kappa shape index (κ2) is 6.72. The van der Waals surface area contributed by atoms with E-state index in [9.17, 15) is 9.59 Å². The van der Waals surface area contributed by atoms with Crippen molar-refractivity contribution in [1.29, 1.82) is 0 Å². The summed E-state index contributed by atoms with van der Waals surface area (Å²) in [5, 5.41) is 0.959. The monoisotopic (exact) mass is 353 g/mol. The molecular formula is C19H19N3O2S. The van der Waals surface area contributed by atoms with Gasteiger partial charge in [-0.25, -0.2) is 0 Å². The number of aryl methyl sites for hydroxylation is 2. The highest BCUT2D eigenvalue weighted by Gasteiger charge is 2.17. The number of nitrogens with one attached hydrogen (secondary N) is 3. The van der Waals surface area contributed by atoms with Crippen molar-refractivity contribution >= 4 is 34.1 Å². The van der Waals surface area contributed by atoms with Crippen LogP contribution in [0.5, 0.6) is 0 Å². The van der Waals surface area contributed by atoms with Gasteiger partial charge >= 0.3 is 0 Å². The molecule has 6 heteroatoms. The van der Waals surface area contributed by atoms with Crippen molar-refractivity contribution in [3.63, 3.8) is 0 Å². The standard InChI is InChI=1S/C19H19N3O2S/c23-18(15-10-12-6-4-5-8-14(12)20-15)21-22-19(24)17-11-13-7-2-1-3-9-16(13)25-17/h4-6,8,10-11,20H,1-3,7,9H2,(H,21,23)(H,22,24). The highest BCUT2D eigenvalue weighted by molar-refractivity contribution is 7.14. The molecule has 0 unspecified atom stereocenters. The summed E-state index contributed by atoms with van der Waals surface area (Å²) >= 11 is 1.54. The van der Waals surface area contributed by atoms with E-state index in [1.807, 2.05) is 30.3 Å². The first-order chi connectivity index (χ1) is 12.2. The van der Waals surface area contributed by atoms with Gasteiger partial charge in [-0.3, -0.25) is 20.4 Å². The number of para-hydroxylation sites is 1. The molecule has 3 N–H and O–H groups in total. The molecule has 25 heavy (non-hydrogen) atoms. The van der Waals surface area contributed by atoms with Crippen LogP contribution in [-0.2, 0) is 12.8 Å². The molecule has 3 aromatic rings. The van der Waals surface area contributed by atoms with E-state index in [0.29, 0.717) is 10.6 Å². The molecule has 0 radical (unpaired) electrons. The number of hydrazine groups is 1. The molecule has 0 saturated heterocycles. The molecule has 0 fully saturated rings. The summed E-state index contributed by atoms with van der Waals surface area (Å²) in [5.74, 6) is -0.620. The fraction of sp³-hybridized carbons (Fsp3) is 0.263. The molecule has 2 amide bonds. The van der Waals surface area contributed by atoms with Gasteiger partial charge in [-0.15, -0.1) is 11.3 Å². The third-order valence-electron chi connectivity index (χ3n) is 4.53. The van der Waals surface area contributed by atoms with Crippen molar-refractivity contribution in [3.8, 4) is 0 Å². The Morgan fingerprint density at radius 2 is 1.76 bits per heavy atom. The smallest absolute Gasteiger partial charge is 0.286 e. The summed E-state index contributed by atoms with van der Waals surface area (Å²) in [5.41, 5.74) is 7.60. The maximum absolute atomic E-state index is 12.3. The molecular weight excluding hydrogens is 334 g/mol. The van der Waals surface area contributed by atoms with E-state index in [1.54, 1.807) is 6.07 Å². The average Bonchev–Trinajstić information content (AvgIpc) is 3.18. The molecule has 0 bridgehead atoms. The lowest BCUT2D eigenvalue weighted by Gasteiger charge is -2.04. The second-order valence-electron chi connectivity index (χ2n) is 6.30. The molecule has 1 aliphatic rings. The summed E-state index contributed by atoms with van der Waals surface area (Å²) < 4.78 is 0. The number of hydrogen-bond donors (Lipinski definition) is 3. The summed E-state index contributed by atoms with van der Waals surface area (Å²) in [6.07, 6.45) is 5.71. The van der Waals surface area contributed by atoms with E-state index in [2.05, 4.69) is 15.8 Å². The van der Waals surface area contributed by atoms with Crippen LogP contribution in [0.1, 0.15) is 49.9 Å². The number of H-pyrrole nitrogens is 1. The summed E-state index contributed by atoms with van der Waals surface area (Å²) in [6, 6.07) is 11.4. The number of amides is 2. The Bertz CT molecular complexity index is 885. The van der Waals surface area contributed by atoms with Gasteiger partial charge in [0.25, 0.3) is 11.8 Å². The lowest BCUT2D eigenvalue weighted by molar-refractivity contribution is 0.0846. The second-order valence-corrected chi connectivity index (χ2v) is 7.43. The van der Waals surface area contributed by atoms with E-state index < -0.39 is 0 Å². The van der Waals surface area contributed by atoms with E-state index in [-0.39, 0.29) is 11.8 Å². The first-order valence-corrected chi connectivity index (χ1v) is 9.32. The van der Waals surface area contributed by atoms with Crippen molar-refractivity contribution in [2.45, 2.75) is 32.1 Å². The lowest BCUT2D eigenvalue weighted by atomic mass is 10.1. The largest absolute Gasteiger partial charge is 0.350 e. The molecule has 2 heterocycles. The molecule has 1 aliphatic carbocycles. The highest BCUT2D eigenvalue weighted by Crippen LogP contribution is 2.28. The number of thiophene rings is 1. The average molecular weight is 353 g/mol. The van der Waals surface area contributed by atoms with E-state index >= 15 is 0 Å². The van der Waals surface area contributed by atoms with Crippen LogP contribution in [0, 0.1) is 0 Å². The van der Waals surface area contributed by atoms with Crippen LogP contribution < -0.4 is 10.9 Å². The van der Waals surface area contributed by atoms with Gasteiger partial charge in [0.2, 0.25) is 0 Å². The number of fused-ring (bicyclic) bond motifs is 2. The molecule has 0 aliphatic heterocycles. The minimum absolute atomic E-state index is 0.262. The van der Waals surface area contributed by atoms with Crippen LogP contribution in [0.2, 0.25) is 0 Å². The van der Waals surface area contributed by atoms with Gasteiger partial charge in [-0.05, 0) is 49.4 Å². The highest BCUT2D eigenvalue weighted by atomic mass is 32.1. The first kappa shape index (κ1) is 15.9. The van der Waals surface area contributed by atoms with Gasteiger partial charge in [0.05, 0.1) is 4.88 Å². The number of carbonyl (C=O) groups is 2. The fourth-order valence-electron chi connectivity index (χ4n) is 3.22. The van der Waals surface area contributed by atoms with E-state index in [4.69, 9.17) is 0 Å². The molecule has 2 aromatic heterocycles. The number of aromatic amines is 1. The maximum Gasteiger partial charge on any atom is 0.286 e. The Hall–Kier alpha value is -2.60. The van der Waals surface area contributed by atoms with Gasteiger partial charge in [-0.1, -0.05) is 24.6 Å². The number of benzene rings is 1. The van der Waals surface area contributed by atoms with Crippen molar-refractivity contribution in [2.75, 3.05) is 0 Å². The molecule has 5 nitrogen and oxygen atoms in total. The summed E-state index contributed by atoms with van der Waals surface area (Å²) in [4.78, 5) is 29.6. The van der Waals surface area contributed by atoms with Crippen LogP contribution in [0.3, 0.4) is 0 Å². The predicted octanol–water partition coefficient (Wildman–Crippen LogP) is 3.57. The Balaban J connectivity index is 1.42. The Morgan fingerprint density at radius 1 is 0.960 bits per heavy atom. The van der Waals surface area contributed by atoms with Gasteiger partial charge < -0.3 is 4.98 Å². The molecule has 0 spiro atoms. The summed E-state index contributed by atoms with van der Waals surface area (Å²) in [7, 11) is 0. The predicted molar refractivity (Wildman–Crippen MR) is 98.8 cm³/mol. The zero-order valence-electron chi connectivity index (χ0n) is 13.7. The number of hydrogen-bond acceptors (Lipinski definition) is 3. The Morgan fingerprint density at radius 3 is 2.64 bits per heavy atom. The minimum atomic E-state index is -0.359. The molecule has 0 atom stereocenters. The zero-order valence-corrected chi connectivity index (χ0v) is 14.5. The number of aromatic nitrogens is 1. The Kier molecular flexibility index (Phi) is 4.28. The fourth-order valence-corrected chi connectivity index (χ4v) is 4.37. The van der Waals surface area contributed by atoms with Crippen molar-refractivity contribution in [2.24, 2.45) is 0 Å². The molecule has 4 rings (SSSR count). The summed E-state index contributed by atoms with van der Waals surface area (Å²) in [6.45, 7) is 0. The molecule has 0 saturated carbocycles. The van der Waals surface area contributed by atoms with Crippen LogP contribution >= 0.6 is 11.3 Å². The molecule has 128 valence electrons. The first-order valence-electron chi connectivity index (χ1n) is 8.51. The van der Waals surface area contributed by atoms with Gasteiger partial charge in [-0.2, -0.15) is 0 Å². The third kappa shape index (κ3) is 3.30. The zero-order chi connectivity index (χ0) is 17.2. The van der Waals surface area contributed by atoms with Crippen molar-refractivity contribution in [3.05, 3.63) is 57.4 Å². The maximum atomic E-state index is 12.3. The normalized spacial score (nSPS) is 13.9. The number of carbonyl (C=O) groups excluding carboxylic acids is 2. The Labute approximate surface area is 149 Å². The quantitative estimate of drug-likeness (QED) is 0.487. The van der Waals surface area contributed by atoms with Crippen molar-refractivity contribution < 1.29 is 9.59 Å². The topological polar surface area (TPSA) is 74.0 Å². The lowest BCUT2D eigenvalue weighted by Crippen LogP contribution is -2.41. The van der Waals surface area contributed by atoms with Gasteiger partial charge in [0.1, 0.15) is 5.69 Å². The van der Waals surface area contributed by atoms with Gasteiger partial charge in [0, 0.05) is 15.8 Å². The van der Waals surface area contributed by atoms with E-state index in [0.717, 1.165) is 23.7 Å². The van der Waals surface area contributed by atoms with E-state index in [1.165, 1.54) is 41.0 Å². The van der Waals surface area contributed by atoms with Crippen LogP contribution in [0.4, 0.5) is 0 Å². The van der Waals surface area contributed by atoms with Crippen LogP contribution in [-0.4, -0.2) is 16.8 Å². The third-order valence-corrected chi connectivity index (χ3v) is 5.77. The van der Waals surface area contributed by atoms with Gasteiger partial charge in [0.15, 0.2) is 0 Å².